The van der Waals surface area contributed by atoms with Gasteiger partial charge in [0.15, 0.2) is 0 Å². The molecule has 0 saturated carbocycles. The molecule has 17 heavy (non-hydrogen) atoms. The van der Waals surface area contributed by atoms with E-state index < -0.39 is 0 Å². The van der Waals surface area contributed by atoms with Crippen LogP contribution in [-0.4, -0.2) is 19.8 Å². The first-order valence-corrected chi connectivity index (χ1v) is 6.70. The van der Waals surface area contributed by atoms with Crippen LogP contribution < -0.4 is 5.32 Å². The van der Waals surface area contributed by atoms with Crippen molar-refractivity contribution in [2.24, 2.45) is 5.92 Å². The van der Waals surface area contributed by atoms with Gasteiger partial charge in [-0.05, 0) is 43.9 Å². The maximum atomic E-state index is 6.18. The van der Waals surface area contributed by atoms with Gasteiger partial charge < -0.3 is 10.1 Å². The van der Waals surface area contributed by atoms with Gasteiger partial charge in [0.1, 0.15) is 0 Å². The Morgan fingerprint density at radius 2 is 2.06 bits per heavy atom. The summed E-state index contributed by atoms with van der Waals surface area (Å²) in [4.78, 5) is 0. The van der Waals surface area contributed by atoms with Gasteiger partial charge in [0.05, 0.1) is 0 Å². The molecule has 2 rings (SSSR count). The van der Waals surface area contributed by atoms with E-state index in [2.05, 4.69) is 18.3 Å². The fourth-order valence-electron chi connectivity index (χ4n) is 2.23. The second-order valence-corrected chi connectivity index (χ2v) is 5.11. The van der Waals surface area contributed by atoms with Crippen molar-refractivity contribution in [2.75, 3.05) is 19.8 Å². The minimum atomic E-state index is 0.312. The molecule has 94 valence electrons. The molecular formula is C14H20ClNO. The Morgan fingerprint density at radius 1 is 1.35 bits per heavy atom. The van der Waals surface area contributed by atoms with Crippen molar-refractivity contribution in [3.05, 3.63) is 34.9 Å². The molecule has 1 unspecified atom stereocenters. The van der Waals surface area contributed by atoms with Crippen LogP contribution in [-0.2, 0) is 4.74 Å². The first-order chi connectivity index (χ1) is 8.27. The summed E-state index contributed by atoms with van der Waals surface area (Å²) in [7, 11) is 0. The second kappa shape index (κ2) is 6.39. The van der Waals surface area contributed by atoms with Crippen LogP contribution in [0, 0.1) is 5.92 Å². The Labute approximate surface area is 108 Å². The highest BCUT2D eigenvalue weighted by Gasteiger charge is 2.15. The predicted octanol–water partition coefficient (Wildman–Crippen LogP) is 3.42. The van der Waals surface area contributed by atoms with E-state index in [9.17, 15) is 0 Å². The summed E-state index contributed by atoms with van der Waals surface area (Å²) in [5.41, 5.74) is 1.18. The highest BCUT2D eigenvalue weighted by Crippen LogP contribution is 2.23. The maximum absolute atomic E-state index is 6.18. The molecule has 0 spiro atoms. The van der Waals surface area contributed by atoms with Gasteiger partial charge in [-0.1, -0.05) is 29.8 Å². The Morgan fingerprint density at radius 3 is 2.76 bits per heavy atom. The van der Waals surface area contributed by atoms with Gasteiger partial charge in [-0.25, -0.2) is 0 Å². The van der Waals surface area contributed by atoms with E-state index >= 15 is 0 Å². The molecule has 0 bridgehead atoms. The molecule has 3 heteroatoms. The number of ether oxygens (including phenoxy) is 1. The van der Waals surface area contributed by atoms with Crippen LogP contribution in [0.4, 0.5) is 0 Å². The molecule has 1 aliphatic rings. The number of benzene rings is 1. The van der Waals surface area contributed by atoms with Crippen molar-refractivity contribution < 1.29 is 4.74 Å². The third-order valence-corrected chi connectivity index (χ3v) is 3.77. The van der Waals surface area contributed by atoms with E-state index in [1.165, 1.54) is 18.4 Å². The van der Waals surface area contributed by atoms with Crippen LogP contribution in [0.25, 0.3) is 0 Å². The van der Waals surface area contributed by atoms with Gasteiger partial charge in [-0.3, -0.25) is 0 Å². The molecule has 1 aromatic carbocycles. The number of nitrogens with one attached hydrogen (secondary N) is 1. The largest absolute Gasteiger partial charge is 0.381 e. The predicted molar refractivity (Wildman–Crippen MR) is 71.4 cm³/mol. The highest BCUT2D eigenvalue weighted by molar-refractivity contribution is 6.31. The molecule has 1 heterocycles. The minimum Gasteiger partial charge on any atom is -0.381 e. The molecular weight excluding hydrogens is 234 g/mol. The third kappa shape index (κ3) is 3.70. The van der Waals surface area contributed by atoms with Gasteiger partial charge in [-0.15, -0.1) is 0 Å². The van der Waals surface area contributed by atoms with E-state index in [0.29, 0.717) is 6.04 Å². The Hall–Kier alpha value is -0.570. The van der Waals surface area contributed by atoms with Gasteiger partial charge in [0.2, 0.25) is 0 Å². The summed E-state index contributed by atoms with van der Waals surface area (Å²) in [6.45, 7) is 5.04. The zero-order valence-corrected chi connectivity index (χ0v) is 11.0. The average molecular weight is 254 g/mol. The number of halogens is 1. The zero-order chi connectivity index (χ0) is 12.1. The quantitative estimate of drug-likeness (QED) is 0.888. The van der Waals surface area contributed by atoms with E-state index in [4.69, 9.17) is 16.3 Å². The molecule has 1 aromatic rings. The topological polar surface area (TPSA) is 21.3 Å². The van der Waals surface area contributed by atoms with Crippen LogP contribution in [0.15, 0.2) is 24.3 Å². The number of rotatable bonds is 4. The fraction of sp³-hybridized carbons (Fsp3) is 0.571. The lowest BCUT2D eigenvalue weighted by atomic mass is 9.99. The van der Waals surface area contributed by atoms with Gasteiger partial charge in [0, 0.05) is 24.3 Å². The summed E-state index contributed by atoms with van der Waals surface area (Å²) in [6, 6.07) is 8.35. The van der Waals surface area contributed by atoms with Crippen LogP contribution in [0.5, 0.6) is 0 Å². The van der Waals surface area contributed by atoms with Crippen molar-refractivity contribution in [3.63, 3.8) is 0 Å². The molecule has 1 atom stereocenters. The van der Waals surface area contributed by atoms with Crippen molar-refractivity contribution in [2.45, 2.75) is 25.8 Å². The number of hydrogen-bond acceptors (Lipinski definition) is 2. The molecule has 1 fully saturated rings. The van der Waals surface area contributed by atoms with Crippen LogP contribution in [0.2, 0.25) is 5.02 Å². The van der Waals surface area contributed by atoms with E-state index in [0.717, 1.165) is 30.7 Å². The Kier molecular flexibility index (Phi) is 4.84. The summed E-state index contributed by atoms with van der Waals surface area (Å²) in [5, 5.41) is 4.42. The van der Waals surface area contributed by atoms with E-state index in [1.54, 1.807) is 0 Å². The lowest BCUT2D eigenvalue weighted by Crippen LogP contribution is -2.29. The summed E-state index contributed by atoms with van der Waals surface area (Å²) >= 11 is 6.18. The van der Waals surface area contributed by atoms with Gasteiger partial charge >= 0.3 is 0 Å². The molecule has 0 aliphatic carbocycles. The minimum absolute atomic E-state index is 0.312. The standard InChI is InChI=1S/C14H20ClNO/c1-11(13-4-2-3-5-14(13)15)16-10-12-6-8-17-9-7-12/h2-5,11-12,16H,6-10H2,1H3. The first kappa shape index (κ1) is 12.9. The van der Waals surface area contributed by atoms with E-state index in [1.807, 2.05) is 18.2 Å². The lowest BCUT2D eigenvalue weighted by Gasteiger charge is -2.24. The normalized spacial score (nSPS) is 19.2. The molecule has 2 nitrogen and oxygen atoms in total. The monoisotopic (exact) mass is 253 g/mol. The van der Waals surface area contributed by atoms with Crippen LogP contribution in [0.3, 0.4) is 0 Å². The Balaban J connectivity index is 1.84. The molecule has 0 radical (unpaired) electrons. The zero-order valence-electron chi connectivity index (χ0n) is 10.3. The molecule has 1 N–H and O–H groups in total. The second-order valence-electron chi connectivity index (χ2n) is 4.71. The molecule has 1 aliphatic heterocycles. The Bertz CT molecular complexity index is 350. The molecule has 0 amide bonds. The SMILES string of the molecule is CC(NCC1CCOCC1)c1ccccc1Cl. The van der Waals surface area contributed by atoms with Crippen molar-refractivity contribution in [1.29, 1.82) is 0 Å². The van der Waals surface area contributed by atoms with Gasteiger partial charge in [-0.2, -0.15) is 0 Å². The molecule has 1 saturated heterocycles. The maximum Gasteiger partial charge on any atom is 0.0469 e. The first-order valence-electron chi connectivity index (χ1n) is 6.33. The van der Waals surface area contributed by atoms with E-state index in [-0.39, 0.29) is 0 Å². The smallest absolute Gasteiger partial charge is 0.0469 e. The fourth-order valence-corrected chi connectivity index (χ4v) is 2.53. The van der Waals surface area contributed by atoms with Crippen molar-refractivity contribution in [1.82, 2.24) is 5.32 Å². The number of hydrogen-bond donors (Lipinski definition) is 1. The van der Waals surface area contributed by atoms with Gasteiger partial charge in [0.25, 0.3) is 0 Å². The third-order valence-electron chi connectivity index (χ3n) is 3.43. The van der Waals surface area contributed by atoms with Crippen molar-refractivity contribution in [3.8, 4) is 0 Å². The van der Waals surface area contributed by atoms with Crippen LogP contribution in [0.1, 0.15) is 31.4 Å². The average Bonchev–Trinajstić information content (AvgIpc) is 2.38. The lowest BCUT2D eigenvalue weighted by molar-refractivity contribution is 0.0656. The molecule has 0 aromatic heterocycles. The highest BCUT2D eigenvalue weighted by atomic mass is 35.5. The van der Waals surface area contributed by atoms with Crippen molar-refractivity contribution >= 4 is 11.6 Å². The van der Waals surface area contributed by atoms with Crippen LogP contribution >= 0.6 is 11.6 Å². The summed E-state index contributed by atoms with van der Waals surface area (Å²) in [6.07, 6.45) is 2.34. The summed E-state index contributed by atoms with van der Waals surface area (Å²) in [5.74, 6) is 0.744. The summed E-state index contributed by atoms with van der Waals surface area (Å²) < 4.78 is 5.36.